The lowest BCUT2D eigenvalue weighted by molar-refractivity contribution is -0.0598. The molecule has 2 saturated carbocycles. The highest BCUT2D eigenvalue weighted by Gasteiger charge is 2.74. The molecule has 2 bridgehead atoms. The number of hydrogen-bond donors (Lipinski definition) is 3. The number of ether oxygens (including phenoxy) is 1. The van der Waals surface area contributed by atoms with Crippen LogP contribution in [0.2, 0.25) is 0 Å². The van der Waals surface area contributed by atoms with Crippen molar-refractivity contribution in [3.8, 4) is 0 Å². The second kappa shape index (κ2) is 4.10. The molecule has 0 spiro atoms. The summed E-state index contributed by atoms with van der Waals surface area (Å²) in [6.07, 6.45) is -0.921. The summed E-state index contributed by atoms with van der Waals surface area (Å²) in [4.78, 5) is 12.1. The van der Waals surface area contributed by atoms with Gasteiger partial charge >= 0.3 is 6.09 Å². The van der Waals surface area contributed by atoms with Gasteiger partial charge in [0, 0.05) is 5.41 Å². The maximum atomic E-state index is 12.1. The fourth-order valence-corrected chi connectivity index (χ4v) is 4.02. The molecule has 2 aliphatic carbocycles. The van der Waals surface area contributed by atoms with Gasteiger partial charge in [0.2, 0.25) is 0 Å². The molecular weight excluding hydrogens is 258 g/mol. The number of fused-ring (bicyclic) bond motifs is 2. The number of nitrogens with one attached hydrogen (secondary N) is 1. The average Bonchev–Trinajstić information content (AvgIpc) is 2.50. The van der Waals surface area contributed by atoms with E-state index in [0.717, 1.165) is 6.42 Å². The zero-order chi connectivity index (χ0) is 15.6. The minimum Gasteiger partial charge on any atom is -0.444 e. The third-order valence-electron chi connectivity index (χ3n) is 5.76. The smallest absolute Gasteiger partial charge is 0.408 e. The minimum absolute atomic E-state index is 0.401. The van der Waals surface area contributed by atoms with E-state index in [1.54, 1.807) is 20.8 Å². The predicted octanol–water partition coefficient (Wildman–Crippen LogP) is 1.81. The summed E-state index contributed by atoms with van der Waals surface area (Å²) in [6.45, 7) is 11.4. The lowest BCUT2D eigenvalue weighted by atomic mass is 9.68. The van der Waals surface area contributed by atoms with Gasteiger partial charge in [-0.1, -0.05) is 20.8 Å². The van der Waals surface area contributed by atoms with E-state index in [0.29, 0.717) is 6.42 Å². The predicted molar refractivity (Wildman–Crippen MR) is 75.2 cm³/mol. The van der Waals surface area contributed by atoms with Crippen molar-refractivity contribution in [2.24, 2.45) is 10.8 Å². The van der Waals surface area contributed by atoms with Gasteiger partial charge in [0.1, 0.15) is 11.7 Å². The van der Waals surface area contributed by atoms with Gasteiger partial charge < -0.3 is 20.3 Å². The summed E-state index contributed by atoms with van der Waals surface area (Å²) in [5.74, 6) is 0. The zero-order valence-electron chi connectivity index (χ0n) is 13.3. The van der Waals surface area contributed by atoms with Gasteiger partial charge in [-0.2, -0.15) is 0 Å². The average molecular weight is 285 g/mol. The van der Waals surface area contributed by atoms with E-state index in [1.165, 1.54) is 0 Å². The number of rotatable bonds is 1. The van der Waals surface area contributed by atoms with E-state index in [9.17, 15) is 15.0 Å². The summed E-state index contributed by atoms with van der Waals surface area (Å²) in [5, 5.41) is 23.7. The first kappa shape index (κ1) is 15.6. The fraction of sp³-hybridized carbons (Fsp3) is 0.933. The zero-order valence-corrected chi connectivity index (χ0v) is 13.3. The Balaban J connectivity index is 2.28. The number of carbonyl (C=O) groups is 1. The Morgan fingerprint density at radius 2 is 1.70 bits per heavy atom. The van der Waals surface area contributed by atoms with Gasteiger partial charge in [0.05, 0.1) is 11.6 Å². The molecule has 3 N–H and O–H groups in total. The Kier molecular flexibility index (Phi) is 3.20. The number of hydrogen-bond acceptors (Lipinski definition) is 4. The monoisotopic (exact) mass is 285 g/mol. The van der Waals surface area contributed by atoms with Crippen molar-refractivity contribution in [1.82, 2.24) is 5.32 Å². The van der Waals surface area contributed by atoms with Crippen LogP contribution in [-0.4, -0.2) is 39.7 Å². The van der Waals surface area contributed by atoms with Crippen molar-refractivity contribution in [3.05, 3.63) is 0 Å². The standard InChI is InChI=1S/C15H27NO4/c1-12(2,3)20-11(19)16-15-8-7-14(6,13(15,4)5)9(17)10(15)18/h9-10,17-18H,7-8H2,1-6H3,(H,16,19)/t9-,10+,14+,15+/m0/s1. The molecule has 2 fully saturated rings. The van der Waals surface area contributed by atoms with E-state index in [2.05, 4.69) is 5.32 Å². The molecule has 0 unspecified atom stereocenters. The molecule has 4 atom stereocenters. The minimum atomic E-state index is -0.969. The molecule has 116 valence electrons. The van der Waals surface area contributed by atoms with Crippen LogP contribution in [0.1, 0.15) is 54.4 Å². The third-order valence-corrected chi connectivity index (χ3v) is 5.76. The highest BCUT2D eigenvalue weighted by molar-refractivity contribution is 5.69. The first-order valence-corrected chi connectivity index (χ1v) is 7.25. The van der Waals surface area contributed by atoms with E-state index in [-0.39, 0.29) is 0 Å². The van der Waals surface area contributed by atoms with Gasteiger partial charge in [-0.15, -0.1) is 0 Å². The molecule has 0 aromatic carbocycles. The van der Waals surface area contributed by atoms with Crippen LogP contribution in [0.25, 0.3) is 0 Å². The van der Waals surface area contributed by atoms with Crippen molar-refractivity contribution in [2.75, 3.05) is 0 Å². The summed E-state index contributed by atoms with van der Waals surface area (Å²) < 4.78 is 5.31. The lowest BCUT2D eigenvalue weighted by Crippen LogP contribution is -2.61. The molecule has 0 radical (unpaired) electrons. The molecule has 2 rings (SSSR count). The molecule has 0 heterocycles. The van der Waals surface area contributed by atoms with Gasteiger partial charge in [-0.05, 0) is 39.0 Å². The second-order valence-electron chi connectivity index (χ2n) is 8.03. The largest absolute Gasteiger partial charge is 0.444 e. The van der Waals surface area contributed by atoms with Crippen LogP contribution >= 0.6 is 0 Å². The van der Waals surface area contributed by atoms with Crippen molar-refractivity contribution in [1.29, 1.82) is 0 Å². The van der Waals surface area contributed by atoms with Gasteiger partial charge in [0.15, 0.2) is 0 Å². The number of alkyl carbamates (subject to hydrolysis) is 1. The van der Waals surface area contributed by atoms with Crippen LogP contribution in [0.5, 0.6) is 0 Å². The molecule has 0 aromatic rings. The first-order valence-electron chi connectivity index (χ1n) is 7.25. The Morgan fingerprint density at radius 1 is 1.15 bits per heavy atom. The van der Waals surface area contributed by atoms with Crippen LogP contribution in [0.3, 0.4) is 0 Å². The molecule has 0 saturated heterocycles. The molecule has 5 heteroatoms. The van der Waals surface area contributed by atoms with E-state index < -0.39 is 40.3 Å². The van der Waals surface area contributed by atoms with Crippen molar-refractivity contribution >= 4 is 6.09 Å². The van der Waals surface area contributed by atoms with Crippen LogP contribution in [-0.2, 0) is 4.74 Å². The van der Waals surface area contributed by atoms with Gasteiger partial charge in [-0.3, -0.25) is 0 Å². The Labute approximate surface area is 120 Å². The highest BCUT2D eigenvalue weighted by atomic mass is 16.6. The highest BCUT2D eigenvalue weighted by Crippen LogP contribution is 2.67. The maximum Gasteiger partial charge on any atom is 0.408 e. The normalized spacial score (nSPS) is 42.6. The van der Waals surface area contributed by atoms with Crippen LogP contribution in [0, 0.1) is 10.8 Å². The van der Waals surface area contributed by atoms with Crippen molar-refractivity contribution in [2.45, 2.75) is 77.7 Å². The van der Waals surface area contributed by atoms with Crippen molar-refractivity contribution < 1.29 is 19.7 Å². The molecule has 5 nitrogen and oxygen atoms in total. The molecule has 20 heavy (non-hydrogen) atoms. The summed E-state index contributed by atoms with van der Waals surface area (Å²) >= 11 is 0. The Bertz CT molecular complexity index is 428. The van der Waals surface area contributed by atoms with Gasteiger partial charge in [-0.25, -0.2) is 4.79 Å². The van der Waals surface area contributed by atoms with E-state index >= 15 is 0 Å². The molecule has 1 amide bonds. The fourth-order valence-electron chi connectivity index (χ4n) is 4.02. The maximum absolute atomic E-state index is 12.1. The SMILES string of the molecule is CC(C)(C)OC(=O)N[C@]12CC[C@](C)([C@@H](O)[C@H]1O)C2(C)C. The summed E-state index contributed by atoms with van der Waals surface area (Å²) in [5.41, 5.74) is -2.23. The lowest BCUT2D eigenvalue weighted by Gasteiger charge is -2.42. The Morgan fingerprint density at radius 3 is 2.10 bits per heavy atom. The quantitative estimate of drug-likeness (QED) is 0.686. The summed E-state index contributed by atoms with van der Waals surface area (Å²) in [7, 11) is 0. The first-order chi connectivity index (χ1) is 8.87. The topological polar surface area (TPSA) is 78.8 Å². The number of aliphatic hydroxyl groups is 2. The van der Waals surface area contributed by atoms with Crippen LogP contribution in [0.15, 0.2) is 0 Å². The van der Waals surface area contributed by atoms with E-state index in [1.807, 2.05) is 20.8 Å². The van der Waals surface area contributed by atoms with Crippen LogP contribution < -0.4 is 5.32 Å². The number of amides is 1. The van der Waals surface area contributed by atoms with Crippen LogP contribution in [0.4, 0.5) is 4.79 Å². The molecular formula is C15H27NO4. The number of carbonyl (C=O) groups excluding carboxylic acids is 1. The molecule has 0 aliphatic heterocycles. The Hall–Kier alpha value is -0.810. The van der Waals surface area contributed by atoms with Crippen molar-refractivity contribution in [3.63, 3.8) is 0 Å². The number of aliphatic hydroxyl groups excluding tert-OH is 2. The third kappa shape index (κ3) is 1.79. The second-order valence-corrected chi connectivity index (χ2v) is 8.03. The molecule has 2 aliphatic rings. The van der Waals surface area contributed by atoms with E-state index in [4.69, 9.17) is 4.74 Å². The van der Waals surface area contributed by atoms with Gasteiger partial charge in [0.25, 0.3) is 0 Å². The molecule has 0 aromatic heterocycles. The summed E-state index contributed by atoms with van der Waals surface area (Å²) in [6, 6.07) is 0.